The maximum absolute atomic E-state index is 12.6. The average Bonchev–Trinajstić information content (AvgIpc) is 3.24. The summed E-state index contributed by atoms with van der Waals surface area (Å²) in [5, 5.41) is 7.81. The van der Waals surface area contributed by atoms with Crippen LogP contribution in [0.4, 0.5) is 10.8 Å². The van der Waals surface area contributed by atoms with Crippen molar-refractivity contribution in [3.8, 4) is 5.75 Å². The number of nitrogens with zero attached hydrogens (tertiary/aromatic N) is 6. The molecule has 1 amide bonds. The number of carbonyl (C=O) groups is 1. The molecule has 144 valence electrons. The van der Waals surface area contributed by atoms with Gasteiger partial charge in [0.05, 0.1) is 7.11 Å². The molecule has 0 unspecified atom stereocenters. The molecule has 3 heterocycles. The summed E-state index contributed by atoms with van der Waals surface area (Å²) in [5.41, 5.74) is 1.07. The van der Waals surface area contributed by atoms with Gasteiger partial charge in [-0.2, -0.15) is 4.98 Å². The molecule has 0 aliphatic rings. The normalized spacial score (nSPS) is 11.1. The highest BCUT2D eigenvalue weighted by atomic mass is 32.1. The fraction of sp³-hybridized carbons (Fsp3) is 0.235. The molecule has 1 N–H and O–H groups in total. The summed E-state index contributed by atoms with van der Waals surface area (Å²) in [6, 6.07) is 6.97. The lowest BCUT2D eigenvalue weighted by Crippen LogP contribution is -2.28. The van der Waals surface area contributed by atoms with Gasteiger partial charge in [-0.1, -0.05) is 17.4 Å². The number of hydrogen-bond acceptors (Lipinski definition) is 8. The molecule has 11 heteroatoms. The van der Waals surface area contributed by atoms with Crippen LogP contribution in [0.5, 0.6) is 5.75 Å². The van der Waals surface area contributed by atoms with E-state index in [1.807, 2.05) is 19.0 Å². The second-order valence-corrected chi connectivity index (χ2v) is 7.18. The quantitative estimate of drug-likeness (QED) is 0.538. The van der Waals surface area contributed by atoms with Gasteiger partial charge >= 0.3 is 5.69 Å². The van der Waals surface area contributed by atoms with Crippen LogP contribution in [0.2, 0.25) is 0 Å². The van der Waals surface area contributed by atoms with Gasteiger partial charge in [-0.3, -0.25) is 4.79 Å². The lowest BCUT2D eigenvalue weighted by atomic mass is 10.3. The Morgan fingerprint density at radius 2 is 2.18 bits per heavy atom. The zero-order valence-electron chi connectivity index (χ0n) is 15.4. The van der Waals surface area contributed by atoms with Crippen LogP contribution in [0.1, 0.15) is 0 Å². The number of rotatable bonds is 5. The van der Waals surface area contributed by atoms with E-state index in [1.165, 1.54) is 22.1 Å². The van der Waals surface area contributed by atoms with E-state index < -0.39 is 5.69 Å². The molecule has 3 aromatic heterocycles. The third kappa shape index (κ3) is 3.16. The molecule has 10 nitrogen and oxygen atoms in total. The first-order valence-corrected chi connectivity index (χ1v) is 9.14. The van der Waals surface area contributed by atoms with Crippen LogP contribution >= 0.6 is 11.3 Å². The Bertz CT molecular complexity index is 1240. The zero-order valence-corrected chi connectivity index (χ0v) is 16.2. The third-order valence-corrected chi connectivity index (χ3v) is 5.20. The number of methoxy groups -OCH3 is 1. The van der Waals surface area contributed by atoms with E-state index in [9.17, 15) is 9.59 Å². The minimum atomic E-state index is -0.440. The van der Waals surface area contributed by atoms with Gasteiger partial charge in [0.1, 0.15) is 23.3 Å². The molecule has 0 fully saturated rings. The van der Waals surface area contributed by atoms with E-state index in [4.69, 9.17) is 4.74 Å². The molecule has 28 heavy (non-hydrogen) atoms. The molecule has 0 radical (unpaired) electrons. The van der Waals surface area contributed by atoms with Gasteiger partial charge < -0.3 is 15.0 Å². The van der Waals surface area contributed by atoms with Crippen LogP contribution in [-0.4, -0.2) is 51.3 Å². The predicted molar refractivity (Wildman–Crippen MR) is 106 cm³/mol. The van der Waals surface area contributed by atoms with Crippen LogP contribution in [0.3, 0.4) is 0 Å². The van der Waals surface area contributed by atoms with E-state index in [2.05, 4.69) is 20.4 Å². The maximum Gasteiger partial charge on any atom is 0.352 e. The Labute approximate surface area is 163 Å². The van der Waals surface area contributed by atoms with Gasteiger partial charge in [-0.05, 0) is 12.1 Å². The van der Waals surface area contributed by atoms with Crippen LogP contribution in [0.25, 0.3) is 16.0 Å². The van der Waals surface area contributed by atoms with Crippen molar-refractivity contribution in [1.29, 1.82) is 0 Å². The van der Waals surface area contributed by atoms with Crippen molar-refractivity contribution in [1.82, 2.24) is 24.1 Å². The van der Waals surface area contributed by atoms with Crippen molar-refractivity contribution in [2.75, 3.05) is 31.4 Å². The number of benzene rings is 1. The number of fused-ring (bicyclic) bond motifs is 3. The van der Waals surface area contributed by atoms with E-state index in [-0.39, 0.29) is 12.5 Å². The Hall–Kier alpha value is -3.47. The Morgan fingerprint density at radius 1 is 1.36 bits per heavy atom. The largest absolute Gasteiger partial charge is 0.497 e. The summed E-state index contributed by atoms with van der Waals surface area (Å²) in [4.78, 5) is 35.5. The third-order valence-electron chi connectivity index (χ3n) is 4.00. The lowest BCUT2D eigenvalue weighted by Gasteiger charge is -2.06. The molecular formula is C17H17N7O3S. The predicted octanol–water partition coefficient (Wildman–Crippen LogP) is 1.21. The summed E-state index contributed by atoms with van der Waals surface area (Å²) in [6.07, 6.45) is 1.38. The number of hydrogen-bond donors (Lipinski definition) is 1. The number of carbonyl (C=O) groups excluding carboxylic acids is 1. The summed E-state index contributed by atoms with van der Waals surface area (Å²) >= 11 is 1.38. The highest BCUT2D eigenvalue weighted by molar-refractivity contribution is 7.22. The maximum atomic E-state index is 12.6. The van der Waals surface area contributed by atoms with Gasteiger partial charge in [0.25, 0.3) is 0 Å². The van der Waals surface area contributed by atoms with Crippen molar-refractivity contribution >= 4 is 44.1 Å². The highest BCUT2D eigenvalue weighted by Crippen LogP contribution is 2.28. The SMILES string of the molecule is COc1cccc(NC(=O)Cn2nc3c4sc(N(C)C)nc4ncn3c2=O)c1. The van der Waals surface area contributed by atoms with Gasteiger partial charge in [-0.25, -0.2) is 18.9 Å². The molecule has 0 aliphatic carbocycles. The second kappa shape index (κ2) is 6.93. The number of anilines is 2. The van der Waals surface area contributed by atoms with E-state index in [0.29, 0.717) is 27.4 Å². The molecule has 1 aromatic carbocycles. The fourth-order valence-electron chi connectivity index (χ4n) is 2.66. The van der Waals surface area contributed by atoms with Crippen molar-refractivity contribution in [3.05, 3.63) is 41.1 Å². The Balaban J connectivity index is 1.65. The molecule has 4 rings (SSSR count). The van der Waals surface area contributed by atoms with E-state index in [1.54, 1.807) is 31.4 Å². The smallest absolute Gasteiger partial charge is 0.352 e. The molecule has 4 aromatic rings. The first-order chi connectivity index (χ1) is 13.5. The van der Waals surface area contributed by atoms with Gasteiger partial charge in [0, 0.05) is 25.8 Å². The average molecular weight is 399 g/mol. The minimum absolute atomic E-state index is 0.224. The van der Waals surface area contributed by atoms with Gasteiger partial charge in [-0.15, -0.1) is 5.10 Å². The molecular weight excluding hydrogens is 382 g/mol. The zero-order chi connectivity index (χ0) is 19.8. The molecule has 0 aliphatic heterocycles. The number of ether oxygens (including phenoxy) is 1. The fourth-order valence-corrected chi connectivity index (χ4v) is 3.57. The van der Waals surface area contributed by atoms with Crippen LogP contribution in [0.15, 0.2) is 35.4 Å². The molecule has 0 atom stereocenters. The van der Waals surface area contributed by atoms with E-state index >= 15 is 0 Å². The monoisotopic (exact) mass is 399 g/mol. The second-order valence-electron chi connectivity index (χ2n) is 6.20. The lowest BCUT2D eigenvalue weighted by molar-refractivity contribution is -0.117. The summed E-state index contributed by atoms with van der Waals surface area (Å²) in [6.45, 7) is -0.224. The topological polar surface area (TPSA) is 107 Å². The van der Waals surface area contributed by atoms with Crippen LogP contribution in [0, 0.1) is 0 Å². The summed E-state index contributed by atoms with van der Waals surface area (Å²) < 4.78 is 8.26. The first-order valence-electron chi connectivity index (χ1n) is 8.32. The molecule has 0 bridgehead atoms. The standard InChI is InChI=1S/C17H17N7O3S/c1-22(2)16-20-14-13(28-16)15-21-24(17(26)23(15)9-18-14)8-12(25)19-10-5-4-6-11(7-10)27-3/h4-7,9H,8H2,1-3H3,(H,19,25). The van der Waals surface area contributed by atoms with Crippen molar-refractivity contribution in [2.24, 2.45) is 0 Å². The number of nitrogens with one attached hydrogen (secondary N) is 1. The van der Waals surface area contributed by atoms with Crippen molar-refractivity contribution in [2.45, 2.75) is 6.54 Å². The molecule has 0 saturated heterocycles. The van der Waals surface area contributed by atoms with Crippen LogP contribution in [-0.2, 0) is 11.3 Å². The Kier molecular flexibility index (Phi) is 4.43. The summed E-state index contributed by atoms with van der Waals surface area (Å²) in [5.74, 6) is 0.249. The molecule has 0 saturated carbocycles. The van der Waals surface area contributed by atoms with E-state index in [0.717, 1.165) is 9.81 Å². The van der Waals surface area contributed by atoms with Crippen molar-refractivity contribution in [3.63, 3.8) is 0 Å². The van der Waals surface area contributed by atoms with Gasteiger partial charge in [0.2, 0.25) is 5.91 Å². The van der Waals surface area contributed by atoms with Crippen molar-refractivity contribution < 1.29 is 9.53 Å². The minimum Gasteiger partial charge on any atom is -0.497 e. The highest BCUT2D eigenvalue weighted by Gasteiger charge is 2.17. The van der Waals surface area contributed by atoms with Crippen LogP contribution < -0.4 is 20.6 Å². The Morgan fingerprint density at radius 3 is 2.93 bits per heavy atom. The molecule has 0 spiro atoms. The number of thiazole rings is 1. The number of aromatic nitrogens is 5. The number of amides is 1. The first kappa shape index (κ1) is 17.9. The van der Waals surface area contributed by atoms with Gasteiger partial charge in [0.15, 0.2) is 16.4 Å². The summed E-state index contributed by atoms with van der Waals surface area (Å²) in [7, 11) is 5.30.